The van der Waals surface area contributed by atoms with Gasteiger partial charge in [0.05, 0.1) is 0 Å². The van der Waals surface area contributed by atoms with E-state index in [2.05, 4.69) is 0 Å². The Hall–Kier alpha value is -0.800. The van der Waals surface area contributed by atoms with Crippen LogP contribution in [0.1, 0.15) is 40.0 Å². The van der Waals surface area contributed by atoms with Crippen LogP contribution in [0.25, 0.3) is 0 Å². The quantitative estimate of drug-likeness (QED) is 0.621. The van der Waals surface area contributed by atoms with Crippen molar-refractivity contribution in [3.05, 3.63) is 0 Å². The van der Waals surface area contributed by atoms with Crippen molar-refractivity contribution in [1.29, 1.82) is 0 Å². The Bertz CT molecular complexity index is 262. The summed E-state index contributed by atoms with van der Waals surface area (Å²) in [4.78, 5) is 13.5. The van der Waals surface area contributed by atoms with Crippen LogP contribution >= 0.6 is 0 Å². The lowest BCUT2D eigenvalue weighted by Crippen LogP contribution is -2.64. The molecule has 3 fully saturated rings. The summed E-state index contributed by atoms with van der Waals surface area (Å²) in [6, 6.07) is 0.155. The highest BCUT2D eigenvalue weighted by Crippen LogP contribution is 2.40. The summed E-state index contributed by atoms with van der Waals surface area (Å²) < 4.78 is 18.3. The molecule has 3 nitrogen and oxygen atoms in total. The molecule has 1 saturated carbocycles. The number of carbonyl (C=O) groups excluding carboxylic acids is 1. The van der Waals surface area contributed by atoms with Crippen LogP contribution in [-0.4, -0.2) is 34.8 Å². The van der Waals surface area contributed by atoms with Crippen molar-refractivity contribution in [2.45, 2.75) is 63.9 Å². The molecule has 0 aromatic heterocycles. The molecule has 0 spiro atoms. The summed E-state index contributed by atoms with van der Waals surface area (Å²) >= 11 is 0. The SMILES string of the molecule is CC(C)(C)OC(=O)N1C2CC(F)CC1C2. The largest absolute Gasteiger partial charge is 0.444 e. The maximum absolute atomic E-state index is 13.1. The van der Waals surface area contributed by atoms with Gasteiger partial charge in [-0.25, -0.2) is 9.18 Å². The van der Waals surface area contributed by atoms with Crippen LogP contribution < -0.4 is 0 Å². The fraction of sp³-hybridized carbons (Fsp3) is 0.909. The summed E-state index contributed by atoms with van der Waals surface area (Å²) in [5.41, 5.74) is -0.462. The molecule has 2 saturated heterocycles. The monoisotopic (exact) mass is 215 g/mol. The zero-order chi connectivity index (χ0) is 11.2. The van der Waals surface area contributed by atoms with Gasteiger partial charge in [-0.05, 0) is 40.0 Å². The first-order valence-corrected chi connectivity index (χ1v) is 5.52. The first-order valence-electron chi connectivity index (χ1n) is 5.52. The molecule has 2 atom stereocenters. The molecule has 15 heavy (non-hydrogen) atoms. The third kappa shape index (κ3) is 2.08. The molecule has 2 bridgehead atoms. The van der Waals surface area contributed by atoms with Crippen LogP contribution in [0.3, 0.4) is 0 Å². The topological polar surface area (TPSA) is 29.5 Å². The predicted molar refractivity (Wildman–Crippen MR) is 54.4 cm³/mol. The minimum absolute atomic E-state index is 0.0774. The molecule has 86 valence electrons. The van der Waals surface area contributed by atoms with Crippen molar-refractivity contribution in [3.63, 3.8) is 0 Å². The highest BCUT2D eigenvalue weighted by molar-refractivity contribution is 5.70. The van der Waals surface area contributed by atoms with E-state index in [9.17, 15) is 9.18 Å². The molecule has 1 amide bonds. The van der Waals surface area contributed by atoms with E-state index in [0.717, 1.165) is 6.42 Å². The first kappa shape index (κ1) is 10.7. The number of hydrogen-bond donors (Lipinski definition) is 0. The van der Waals surface area contributed by atoms with Gasteiger partial charge >= 0.3 is 6.09 Å². The van der Waals surface area contributed by atoms with Crippen molar-refractivity contribution >= 4 is 6.09 Å². The van der Waals surface area contributed by atoms with E-state index in [-0.39, 0.29) is 18.2 Å². The van der Waals surface area contributed by atoms with E-state index < -0.39 is 11.8 Å². The lowest BCUT2D eigenvalue weighted by Gasteiger charge is -2.53. The number of halogens is 1. The van der Waals surface area contributed by atoms with Crippen LogP contribution in [0.4, 0.5) is 9.18 Å². The molecule has 4 heteroatoms. The molecule has 0 aromatic rings. The minimum Gasteiger partial charge on any atom is -0.444 e. The Kier molecular flexibility index (Phi) is 2.40. The summed E-state index contributed by atoms with van der Waals surface area (Å²) in [6.45, 7) is 5.54. The van der Waals surface area contributed by atoms with E-state index in [1.807, 2.05) is 20.8 Å². The number of rotatable bonds is 0. The Balaban J connectivity index is 1.94. The van der Waals surface area contributed by atoms with E-state index in [1.54, 1.807) is 4.90 Å². The zero-order valence-corrected chi connectivity index (χ0v) is 9.50. The third-order valence-corrected chi connectivity index (χ3v) is 2.99. The van der Waals surface area contributed by atoms with E-state index in [4.69, 9.17) is 4.74 Å². The Morgan fingerprint density at radius 3 is 2.27 bits per heavy atom. The number of amides is 1. The summed E-state index contributed by atoms with van der Waals surface area (Å²) in [6.07, 6.45) is 0.897. The Morgan fingerprint density at radius 2 is 1.80 bits per heavy atom. The average Bonchev–Trinajstić information content (AvgIpc) is 1.98. The summed E-state index contributed by atoms with van der Waals surface area (Å²) in [7, 11) is 0. The van der Waals surface area contributed by atoms with Crippen molar-refractivity contribution in [2.75, 3.05) is 0 Å². The second-order valence-corrected chi connectivity index (χ2v) is 5.50. The maximum atomic E-state index is 13.1. The van der Waals surface area contributed by atoms with E-state index in [0.29, 0.717) is 12.8 Å². The molecule has 3 rings (SSSR count). The van der Waals surface area contributed by atoms with Gasteiger partial charge in [0.25, 0.3) is 0 Å². The summed E-state index contributed by atoms with van der Waals surface area (Å²) in [5, 5.41) is 0. The van der Waals surface area contributed by atoms with Gasteiger partial charge < -0.3 is 9.64 Å². The second kappa shape index (κ2) is 3.35. The summed E-state index contributed by atoms with van der Waals surface area (Å²) in [5.74, 6) is 0. The van der Waals surface area contributed by atoms with E-state index in [1.165, 1.54) is 0 Å². The number of carbonyl (C=O) groups is 1. The number of piperidine rings is 1. The fourth-order valence-corrected chi connectivity index (χ4v) is 2.42. The number of fused-ring (bicyclic) bond motifs is 2. The van der Waals surface area contributed by atoms with Gasteiger partial charge in [0.15, 0.2) is 0 Å². The number of hydrogen-bond acceptors (Lipinski definition) is 2. The molecule has 0 N–H and O–H groups in total. The lowest BCUT2D eigenvalue weighted by molar-refractivity contribution is -0.0695. The number of alkyl halides is 1. The molecule has 2 aliphatic heterocycles. The fourth-order valence-electron chi connectivity index (χ4n) is 2.42. The van der Waals surface area contributed by atoms with Crippen LogP contribution in [0.15, 0.2) is 0 Å². The van der Waals surface area contributed by atoms with Gasteiger partial charge in [0.2, 0.25) is 0 Å². The molecule has 1 aliphatic carbocycles. The van der Waals surface area contributed by atoms with Gasteiger partial charge in [0.1, 0.15) is 11.8 Å². The first-order chi connectivity index (χ1) is 6.87. The molecule has 2 unspecified atom stereocenters. The smallest absolute Gasteiger partial charge is 0.410 e. The van der Waals surface area contributed by atoms with Crippen LogP contribution in [0.5, 0.6) is 0 Å². The molecule has 0 radical (unpaired) electrons. The van der Waals surface area contributed by atoms with Gasteiger partial charge in [-0.3, -0.25) is 0 Å². The normalized spacial score (nSPS) is 34.7. The second-order valence-electron chi connectivity index (χ2n) is 5.50. The highest BCUT2D eigenvalue weighted by Gasteiger charge is 2.49. The molecular formula is C11H18FNO2. The van der Waals surface area contributed by atoms with Crippen molar-refractivity contribution in [3.8, 4) is 0 Å². The van der Waals surface area contributed by atoms with Crippen LogP contribution in [0.2, 0.25) is 0 Å². The van der Waals surface area contributed by atoms with Crippen molar-refractivity contribution in [2.24, 2.45) is 0 Å². The maximum Gasteiger partial charge on any atom is 0.410 e. The van der Waals surface area contributed by atoms with Crippen LogP contribution in [-0.2, 0) is 4.74 Å². The standard InChI is InChI=1S/C11H18FNO2/c1-11(2,3)15-10(14)13-8-4-7(12)5-9(13)6-8/h7-9H,4-6H2,1-3H3. The molecule has 2 heterocycles. The molecule has 0 aromatic carbocycles. The van der Waals surface area contributed by atoms with Crippen molar-refractivity contribution in [1.82, 2.24) is 4.90 Å². The van der Waals surface area contributed by atoms with Gasteiger partial charge in [-0.1, -0.05) is 0 Å². The van der Waals surface area contributed by atoms with E-state index >= 15 is 0 Å². The average molecular weight is 215 g/mol. The van der Waals surface area contributed by atoms with Crippen molar-refractivity contribution < 1.29 is 13.9 Å². The number of nitrogens with zero attached hydrogens (tertiary/aromatic N) is 1. The Labute approximate surface area is 89.6 Å². The third-order valence-electron chi connectivity index (χ3n) is 2.99. The van der Waals surface area contributed by atoms with Gasteiger partial charge in [-0.15, -0.1) is 0 Å². The zero-order valence-electron chi connectivity index (χ0n) is 9.50. The minimum atomic E-state index is -0.729. The van der Waals surface area contributed by atoms with Gasteiger partial charge in [0, 0.05) is 12.1 Å². The lowest BCUT2D eigenvalue weighted by atomic mass is 9.79. The van der Waals surface area contributed by atoms with Crippen LogP contribution in [0, 0.1) is 0 Å². The Morgan fingerprint density at radius 1 is 1.27 bits per heavy atom. The molecular weight excluding hydrogens is 197 g/mol. The molecule has 3 aliphatic rings. The van der Waals surface area contributed by atoms with Gasteiger partial charge in [-0.2, -0.15) is 0 Å². The predicted octanol–water partition coefficient (Wildman–Crippen LogP) is 2.50. The highest BCUT2D eigenvalue weighted by atomic mass is 19.1. The number of ether oxygens (including phenoxy) is 1.